The Morgan fingerprint density at radius 2 is 2.06 bits per heavy atom. The summed E-state index contributed by atoms with van der Waals surface area (Å²) < 4.78 is 1.76. The zero-order valence-electron chi connectivity index (χ0n) is 10.1. The first-order valence-electron chi connectivity index (χ1n) is 5.65. The molecule has 0 bridgehead atoms. The van der Waals surface area contributed by atoms with Crippen molar-refractivity contribution < 1.29 is 5.11 Å². The van der Waals surface area contributed by atoms with Crippen molar-refractivity contribution in [3.8, 4) is 0 Å². The van der Waals surface area contributed by atoms with Crippen molar-refractivity contribution in [3.63, 3.8) is 0 Å². The molecular formula is C13H16N2O2. The maximum Gasteiger partial charge on any atom is 0.207 e. The van der Waals surface area contributed by atoms with E-state index in [0.717, 1.165) is 5.52 Å². The largest absolute Gasteiger partial charge is 0.390 e. The third kappa shape index (κ3) is 2.71. The van der Waals surface area contributed by atoms with Gasteiger partial charge in [-0.05, 0) is 32.4 Å². The van der Waals surface area contributed by atoms with Crippen molar-refractivity contribution in [1.82, 2.24) is 9.78 Å². The minimum atomic E-state index is -0.730. The fourth-order valence-electron chi connectivity index (χ4n) is 1.72. The van der Waals surface area contributed by atoms with Gasteiger partial charge in [-0.15, -0.1) is 0 Å². The van der Waals surface area contributed by atoms with E-state index in [1.165, 1.54) is 6.20 Å². The van der Waals surface area contributed by atoms with Crippen LogP contribution >= 0.6 is 0 Å². The SMILES string of the molecule is CC(C)(O)CCn1ncc(=O)c2ccccc21. The summed E-state index contributed by atoms with van der Waals surface area (Å²) in [5, 5.41) is 14.5. The van der Waals surface area contributed by atoms with Gasteiger partial charge in [-0.3, -0.25) is 9.48 Å². The molecule has 0 unspecified atom stereocenters. The molecule has 1 aromatic carbocycles. The van der Waals surface area contributed by atoms with E-state index in [1.54, 1.807) is 24.6 Å². The van der Waals surface area contributed by atoms with Gasteiger partial charge in [-0.25, -0.2) is 0 Å². The Balaban J connectivity index is 2.42. The lowest BCUT2D eigenvalue weighted by Crippen LogP contribution is -2.22. The molecule has 1 aromatic heterocycles. The summed E-state index contributed by atoms with van der Waals surface area (Å²) in [6.45, 7) is 4.11. The van der Waals surface area contributed by atoms with Gasteiger partial charge in [0.2, 0.25) is 5.43 Å². The maximum atomic E-state index is 11.6. The first kappa shape index (κ1) is 11.8. The summed E-state index contributed by atoms with van der Waals surface area (Å²) in [6.07, 6.45) is 1.92. The molecule has 0 fully saturated rings. The van der Waals surface area contributed by atoms with Crippen molar-refractivity contribution in [2.24, 2.45) is 0 Å². The molecule has 90 valence electrons. The van der Waals surface area contributed by atoms with Gasteiger partial charge in [-0.2, -0.15) is 5.10 Å². The predicted octanol–water partition coefficient (Wildman–Crippen LogP) is 1.56. The molecule has 0 radical (unpaired) electrons. The number of aromatic nitrogens is 2. The smallest absolute Gasteiger partial charge is 0.207 e. The Morgan fingerprint density at radius 3 is 2.76 bits per heavy atom. The third-order valence-corrected chi connectivity index (χ3v) is 2.70. The second kappa shape index (κ2) is 4.30. The summed E-state index contributed by atoms with van der Waals surface area (Å²) in [5.74, 6) is 0. The maximum absolute atomic E-state index is 11.6. The Bertz CT molecular complexity index is 582. The monoisotopic (exact) mass is 232 g/mol. The lowest BCUT2D eigenvalue weighted by Gasteiger charge is -2.18. The van der Waals surface area contributed by atoms with Gasteiger partial charge < -0.3 is 5.11 Å². The number of aryl methyl sites for hydroxylation is 1. The van der Waals surface area contributed by atoms with E-state index in [2.05, 4.69) is 5.10 Å². The lowest BCUT2D eigenvalue weighted by molar-refractivity contribution is 0.0654. The molecule has 0 atom stereocenters. The van der Waals surface area contributed by atoms with Gasteiger partial charge in [-0.1, -0.05) is 12.1 Å². The third-order valence-electron chi connectivity index (χ3n) is 2.70. The molecule has 1 heterocycles. The normalized spacial score (nSPS) is 11.9. The van der Waals surface area contributed by atoms with Crippen LogP contribution in [-0.4, -0.2) is 20.5 Å². The molecule has 4 heteroatoms. The molecule has 0 aliphatic rings. The lowest BCUT2D eigenvalue weighted by atomic mass is 10.1. The van der Waals surface area contributed by atoms with Crippen LogP contribution in [0.4, 0.5) is 0 Å². The van der Waals surface area contributed by atoms with Crippen molar-refractivity contribution in [2.45, 2.75) is 32.4 Å². The van der Waals surface area contributed by atoms with E-state index in [9.17, 15) is 9.90 Å². The van der Waals surface area contributed by atoms with Gasteiger partial charge >= 0.3 is 0 Å². The molecule has 0 amide bonds. The number of para-hydroxylation sites is 1. The summed E-state index contributed by atoms with van der Waals surface area (Å²) in [7, 11) is 0. The number of benzene rings is 1. The first-order valence-corrected chi connectivity index (χ1v) is 5.65. The van der Waals surface area contributed by atoms with Crippen molar-refractivity contribution in [1.29, 1.82) is 0 Å². The number of hydrogen-bond donors (Lipinski definition) is 1. The Morgan fingerprint density at radius 1 is 1.35 bits per heavy atom. The highest BCUT2D eigenvalue weighted by Crippen LogP contribution is 2.12. The minimum Gasteiger partial charge on any atom is -0.390 e. The van der Waals surface area contributed by atoms with Crippen LogP contribution in [0, 0.1) is 0 Å². The van der Waals surface area contributed by atoms with E-state index in [0.29, 0.717) is 18.4 Å². The van der Waals surface area contributed by atoms with Crippen LogP contribution in [0.1, 0.15) is 20.3 Å². The standard InChI is InChI=1S/C13H16N2O2/c1-13(2,17)7-8-15-11-6-4-3-5-10(11)12(16)9-14-15/h3-6,9,17H,7-8H2,1-2H3. The van der Waals surface area contributed by atoms with Crippen molar-refractivity contribution >= 4 is 10.9 Å². The van der Waals surface area contributed by atoms with Crippen LogP contribution in [0.3, 0.4) is 0 Å². The molecule has 0 spiro atoms. The molecule has 0 aliphatic carbocycles. The van der Waals surface area contributed by atoms with Gasteiger partial charge in [0.15, 0.2) is 0 Å². The average molecular weight is 232 g/mol. The molecule has 2 rings (SSSR count). The quantitative estimate of drug-likeness (QED) is 0.873. The molecule has 0 aliphatic heterocycles. The first-order chi connectivity index (χ1) is 7.97. The highest BCUT2D eigenvalue weighted by atomic mass is 16.3. The average Bonchev–Trinajstić information content (AvgIpc) is 2.27. The zero-order valence-corrected chi connectivity index (χ0v) is 10.1. The molecule has 0 saturated heterocycles. The minimum absolute atomic E-state index is 0.0693. The second-order valence-electron chi connectivity index (χ2n) is 4.81. The fraction of sp³-hybridized carbons (Fsp3) is 0.385. The Hall–Kier alpha value is -1.68. The molecule has 1 N–H and O–H groups in total. The van der Waals surface area contributed by atoms with Gasteiger partial charge in [0, 0.05) is 11.9 Å². The number of nitrogens with zero attached hydrogens (tertiary/aromatic N) is 2. The Labute approximate surface area is 99.5 Å². The van der Waals surface area contributed by atoms with E-state index < -0.39 is 5.60 Å². The Kier molecular flexibility index (Phi) is 2.98. The zero-order chi connectivity index (χ0) is 12.5. The van der Waals surface area contributed by atoms with Crippen molar-refractivity contribution in [3.05, 3.63) is 40.7 Å². The predicted molar refractivity (Wildman–Crippen MR) is 66.9 cm³/mol. The van der Waals surface area contributed by atoms with Crippen LogP contribution in [-0.2, 0) is 6.54 Å². The van der Waals surface area contributed by atoms with E-state index in [1.807, 2.05) is 18.2 Å². The molecule has 0 saturated carbocycles. The number of fused-ring (bicyclic) bond motifs is 1. The van der Waals surface area contributed by atoms with Crippen molar-refractivity contribution in [2.75, 3.05) is 0 Å². The summed E-state index contributed by atoms with van der Waals surface area (Å²) in [6, 6.07) is 7.38. The van der Waals surface area contributed by atoms with Crippen LogP contribution in [0.5, 0.6) is 0 Å². The van der Waals surface area contributed by atoms with E-state index in [4.69, 9.17) is 0 Å². The molecular weight excluding hydrogens is 216 g/mol. The molecule has 4 nitrogen and oxygen atoms in total. The highest BCUT2D eigenvalue weighted by molar-refractivity contribution is 5.77. The van der Waals surface area contributed by atoms with Crippen LogP contribution < -0.4 is 5.43 Å². The van der Waals surface area contributed by atoms with Crippen LogP contribution in [0.15, 0.2) is 35.3 Å². The number of rotatable bonds is 3. The van der Waals surface area contributed by atoms with E-state index in [-0.39, 0.29) is 5.43 Å². The molecule has 2 aromatic rings. The summed E-state index contributed by atoms with van der Waals surface area (Å²) >= 11 is 0. The van der Waals surface area contributed by atoms with Gasteiger partial charge in [0.05, 0.1) is 17.3 Å². The van der Waals surface area contributed by atoms with Gasteiger partial charge in [0.25, 0.3) is 0 Å². The second-order valence-corrected chi connectivity index (χ2v) is 4.81. The van der Waals surface area contributed by atoms with Gasteiger partial charge in [0.1, 0.15) is 0 Å². The topological polar surface area (TPSA) is 55.1 Å². The highest BCUT2D eigenvalue weighted by Gasteiger charge is 2.13. The fourth-order valence-corrected chi connectivity index (χ4v) is 1.72. The van der Waals surface area contributed by atoms with Crippen LogP contribution in [0.25, 0.3) is 10.9 Å². The van der Waals surface area contributed by atoms with Crippen LogP contribution in [0.2, 0.25) is 0 Å². The summed E-state index contributed by atoms with van der Waals surface area (Å²) in [4.78, 5) is 11.6. The summed E-state index contributed by atoms with van der Waals surface area (Å²) in [5.41, 5.74) is 0.00991. The molecule has 17 heavy (non-hydrogen) atoms. The number of hydrogen-bond acceptors (Lipinski definition) is 3. The van der Waals surface area contributed by atoms with E-state index >= 15 is 0 Å². The number of aliphatic hydroxyl groups is 1.